The Morgan fingerprint density at radius 3 is 2.58 bits per heavy atom. The fourth-order valence-corrected chi connectivity index (χ4v) is 5.32. The third-order valence-corrected chi connectivity index (χ3v) is 6.61. The lowest BCUT2D eigenvalue weighted by Crippen LogP contribution is -2.38. The molecule has 1 fully saturated rings. The zero-order valence-corrected chi connectivity index (χ0v) is 13.4. The van der Waals surface area contributed by atoms with Crippen LogP contribution in [0.3, 0.4) is 0 Å². The third-order valence-electron chi connectivity index (χ3n) is 3.59. The van der Waals surface area contributed by atoms with Gasteiger partial charge in [-0.05, 0) is 47.0 Å². The minimum atomic E-state index is -3.48. The normalized spacial score (nSPS) is 17.2. The number of hydrogen-bond donors (Lipinski definition) is 1. The lowest BCUT2D eigenvalue weighted by molar-refractivity contribution is 0.335. The summed E-state index contributed by atoms with van der Waals surface area (Å²) >= 11 is 3.31. The molecule has 1 aliphatic rings. The first-order valence-electron chi connectivity index (χ1n) is 6.53. The molecule has 4 nitrogen and oxygen atoms in total. The summed E-state index contributed by atoms with van der Waals surface area (Å²) in [6, 6.07) is 5.03. The highest BCUT2D eigenvalue weighted by atomic mass is 79.9. The average molecular weight is 347 g/mol. The van der Waals surface area contributed by atoms with Gasteiger partial charge in [-0.2, -0.15) is 4.31 Å². The zero-order chi connectivity index (χ0) is 14.0. The van der Waals surface area contributed by atoms with Crippen molar-refractivity contribution in [3.05, 3.63) is 22.7 Å². The molecule has 2 rings (SSSR count). The molecule has 1 aromatic rings. The van der Waals surface area contributed by atoms with Gasteiger partial charge >= 0.3 is 0 Å². The summed E-state index contributed by atoms with van der Waals surface area (Å²) in [7, 11) is -3.48. The molecule has 19 heavy (non-hydrogen) atoms. The predicted octanol–water partition coefficient (Wildman–Crippen LogP) is 2.98. The minimum absolute atomic E-state index is 0.128. The fraction of sp³-hybridized carbons (Fsp3) is 0.538. The lowest BCUT2D eigenvalue weighted by Gasteiger charge is -2.27. The van der Waals surface area contributed by atoms with Gasteiger partial charge in [0.25, 0.3) is 0 Å². The summed E-state index contributed by atoms with van der Waals surface area (Å²) in [5, 5.41) is 0. The number of anilines is 1. The van der Waals surface area contributed by atoms with Gasteiger partial charge in [0.05, 0.1) is 4.90 Å². The van der Waals surface area contributed by atoms with E-state index >= 15 is 0 Å². The van der Waals surface area contributed by atoms with Crippen LogP contribution in [0.1, 0.15) is 32.6 Å². The first-order chi connectivity index (χ1) is 8.96. The molecule has 106 valence electrons. The molecular weight excluding hydrogens is 328 g/mol. The second-order valence-corrected chi connectivity index (χ2v) is 7.55. The molecule has 2 N–H and O–H groups in total. The summed E-state index contributed by atoms with van der Waals surface area (Å²) in [5.74, 6) is 0. The van der Waals surface area contributed by atoms with Crippen molar-refractivity contribution in [3.8, 4) is 0 Å². The minimum Gasteiger partial charge on any atom is -0.399 e. The van der Waals surface area contributed by atoms with E-state index in [0.29, 0.717) is 16.7 Å². The molecule has 1 aliphatic carbocycles. The molecule has 0 spiro atoms. The molecular formula is C13H19BrN2O2S. The van der Waals surface area contributed by atoms with Crippen LogP contribution < -0.4 is 5.73 Å². The molecule has 0 heterocycles. The van der Waals surface area contributed by atoms with Crippen molar-refractivity contribution >= 4 is 31.6 Å². The number of nitrogens with zero attached hydrogens (tertiary/aromatic N) is 1. The Balaban J connectivity index is 2.42. The Kier molecular flexibility index (Phi) is 4.53. The maximum atomic E-state index is 12.8. The van der Waals surface area contributed by atoms with Crippen LogP contribution in [0.15, 0.2) is 27.6 Å². The van der Waals surface area contributed by atoms with Gasteiger partial charge in [-0.1, -0.05) is 19.8 Å². The smallest absolute Gasteiger partial charge is 0.244 e. The highest BCUT2D eigenvalue weighted by Crippen LogP contribution is 2.32. The molecule has 0 atom stereocenters. The van der Waals surface area contributed by atoms with E-state index < -0.39 is 10.0 Å². The van der Waals surface area contributed by atoms with E-state index in [1.54, 1.807) is 16.4 Å². The van der Waals surface area contributed by atoms with Crippen LogP contribution in [0, 0.1) is 0 Å². The van der Waals surface area contributed by atoms with Gasteiger partial charge < -0.3 is 5.73 Å². The van der Waals surface area contributed by atoms with Gasteiger partial charge in [-0.15, -0.1) is 0 Å². The van der Waals surface area contributed by atoms with E-state index in [9.17, 15) is 8.42 Å². The molecule has 0 aliphatic heterocycles. The van der Waals surface area contributed by atoms with E-state index in [1.165, 1.54) is 6.07 Å². The van der Waals surface area contributed by atoms with Crippen molar-refractivity contribution in [1.29, 1.82) is 0 Å². The standard InChI is InChI=1S/C13H19BrN2O2S/c1-2-16(11-5-3-4-6-11)19(17,18)13-9-10(15)7-8-12(13)14/h7-9,11H,2-6,15H2,1H3. The SMILES string of the molecule is CCN(C1CCCC1)S(=O)(=O)c1cc(N)ccc1Br. The molecule has 0 amide bonds. The Hall–Kier alpha value is -0.590. The molecule has 1 aromatic carbocycles. The van der Waals surface area contributed by atoms with Crippen LogP contribution in [0.5, 0.6) is 0 Å². The highest BCUT2D eigenvalue weighted by molar-refractivity contribution is 9.10. The number of benzene rings is 1. The van der Waals surface area contributed by atoms with Crippen LogP contribution in [0.4, 0.5) is 5.69 Å². The van der Waals surface area contributed by atoms with Gasteiger partial charge in [0.2, 0.25) is 10.0 Å². The summed E-state index contributed by atoms with van der Waals surface area (Å²) in [6.45, 7) is 2.38. The first-order valence-corrected chi connectivity index (χ1v) is 8.77. The lowest BCUT2D eigenvalue weighted by atomic mass is 10.2. The molecule has 0 bridgehead atoms. The van der Waals surface area contributed by atoms with Gasteiger partial charge in [0.15, 0.2) is 0 Å². The summed E-state index contributed by atoms with van der Waals surface area (Å²) in [4.78, 5) is 0.265. The van der Waals surface area contributed by atoms with Gasteiger partial charge in [0, 0.05) is 22.7 Å². The maximum Gasteiger partial charge on any atom is 0.244 e. The predicted molar refractivity (Wildman–Crippen MR) is 80.4 cm³/mol. The van der Waals surface area contributed by atoms with Crippen LogP contribution in [0.25, 0.3) is 0 Å². The molecule has 0 saturated heterocycles. The fourth-order valence-electron chi connectivity index (χ4n) is 2.66. The maximum absolute atomic E-state index is 12.8. The molecule has 6 heteroatoms. The van der Waals surface area contributed by atoms with Gasteiger partial charge in [0.1, 0.15) is 0 Å². The van der Waals surface area contributed by atoms with Crippen molar-refractivity contribution in [2.75, 3.05) is 12.3 Å². The average Bonchev–Trinajstić information content (AvgIpc) is 2.86. The van der Waals surface area contributed by atoms with E-state index in [-0.39, 0.29) is 10.9 Å². The zero-order valence-electron chi connectivity index (χ0n) is 11.0. The number of nitrogens with two attached hydrogens (primary N) is 1. The first kappa shape index (κ1) is 14.8. The molecule has 1 saturated carbocycles. The number of sulfonamides is 1. The third kappa shape index (κ3) is 2.95. The van der Waals surface area contributed by atoms with Gasteiger partial charge in [-0.25, -0.2) is 8.42 Å². The van der Waals surface area contributed by atoms with E-state index in [4.69, 9.17) is 5.73 Å². The largest absolute Gasteiger partial charge is 0.399 e. The quantitative estimate of drug-likeness (QED) is 0.852. The number of hydrogen-bond acceptors (Lipinski definition) is 3. The van der Waals surface area contributed by atoms with Crippen molar-refractivity contribution in [1.82, 2.24) is 4.31 Å². The summed E-state index contributed by atoms with van der Waals surface area (Å²) < 4.78 is 27.7. The van der Waals surface area contributed by atoms with Crippen LogP contribution >= 0.6 is 15.9 Å². The van der Waals surface area contributed by atoms with E-state index in [2.05, 4.69) is 15.9 Å². The Morgan fingerprint density at radius 1 is 1.37 bits per heavy atom. The topological polar surface area (TPSA) is 63.4 Å². The Morgan fingerprint density at radius 2 is 2.00 bits per heavy atom. The number of nitrogen functional groups attached to an aromatic ring is 1. The summed E-state index contributed by atoms with van der Waals surface area (Å²) in [5.41, 5.74) is 6.18. The van der Waals surface area contributed by atoms with E-state index in [1.807, 2.05) is 6.92 Å². The van der Waals surface area contributed by atoms with Crippen molar-refractivity contribution < 1.29 is 8.42 Å². The molecule has 0 unspecified atom stereocenters. The summed E-state index contributed by atoms with van der Waals surface area (Å²) in [6.07, 6.45) is 4.11. The van der Waals surface area contributed by atoms with Crippen molar-refractivity contribution in [3.63, 3.8) is 0 Å². The Bertz CT molecular complexity index is 554. The Labute approximate surface area is 123 Å². The second kappa shape index (κ2) is 5.81. The number of rotatable bonds is 4. The van der Waals surface area contributed by atoms with Gasteiger partial charge in [-0.3, -0.25) is 0 Å². The molecule has 0 aromatic heterocycles. The molecule has 0 radical (unpaired) electrons. The van der Waals surface area contributed by atoms with Crippen molar-refractivity contribution in [2.45, 2.75) is 43.5 Å². The highest BCUT2D eigenvalue weighted by Gasteiger charge is 2.33. The van der Waals surface area contributed by atoms with Crippen LogP contribution in [0.2, 0.25) is 0 Å². The second-order valence-electron chi connectivity index (χ2n) is 4.84. The van der Waals surface area contributed by atoms with Crippen molar-refractivity contribution in [2.24, 2.45) is 0 Å². The monoisotopic (exact) mass is 346 g/mol. The number of halogens is 1. The van der Waals surface area contributed by atoms with E-state index in [0.717, 1.165) is 25.7 Å². The van der Waals surface area contributed by atoms with Crippen LogP contribution in [-0.2, 0) is 10.0 Å². The van der Waals surface area contributed by atoms with Crippen LogP contribution in [-0.4, -0.2) is 25.3 Å².